The van der Waals surface area contributed by atoms with Gasteiger partial charge in [-0.15, -0.1) is 4.99 Å². The molecular formula is C20H13BrN6O2. The van der Waals surface area contributed by atoms with Crippen LogP contribution < -0.4 is 5.62 Å². The Morgan fingerprint density at radius 2 is 1.79 bits per heavy atom. The Labute approximate surface area is 173 Å². The third kappa shape index (κ3) is 3.23. The minimum atomic E-state index is -0.811. The predicted octanol–water partition coefficient (Wildman–Crippen LogP) is 2.16. The topological polar surface area (TPSA) is 104 Å². The quantitative estimate of drug-likeness (QED) is 0.441. The zero-order valence-corrected chi connectivity index (χ0v) is 16.7. The smallest absolute Gasteiger partial charge is 0.279 e. The molecule has 0 saturated heterocycles. The molecule has 0 fully saturated rings. The van der Waals surface area contributed by atoms with Crippen LogP contribution in [-0.4, -0.2) is 38.5 Å². The minimum absolute atomic E-state index is 0.0142. The molecule has 9 heteroatoms. The van der Waals surface area contributed by atoms with E-state index in [1.54, 1.807) is 54.7 Å². The second-order valence-electron chi connectivity index (χ2n) is 6.29. The molecule has 1 aliphatic heterocycles. The van der Waals surface area contributed by atoms with Gasteiger partial charge in [0.25, 0.3) is 11.5 Å². The number of carbonyl (C=O) groups excluding carboxylic acids is 2. The highest BCUT2D eigenvalue weighted by molar-refractivity contribution is 9.10. The standard InChI is InChI=1S/C20H13BrN6O2/c1-26-18(28)15(12-5-3-2-4-6-12)16-17(19(26)29)25-27(20(24-16)23-11-22)14-9-7-13(21)8-10-14/h2-10,15H,1H3. The highest BCUT2D eigenvalue weighted by Crippen LogP contribution is 2.31. The van der Waals surface area contributed by atoms with Crippen molar-refractivity contribution in [3.63, 3.8) is 0 Å². The van der Waals surface area contributed by atoms with Crippen molar-refractivity contribution in [2.45, 2.75) is 5.92 Å². The number of halogens is 1. The highest BCUT2D eigenvalue weighted by atomic mass is 79.9. The van der Waals surface area contributed by atoms with Crippen LogP contribution in [-0.2, 0) is 4.79 Å². The Hall–Kier alpha value is -3.64. The molecule has 142 valence electrons. The van der Waals surface area contributed by atoms with Gasteiger partial charge in [-0.1, -0.05) is 46.3 Å². The van der Waals surface area contributed by atoms with Crippen molar-refractivity contribution >= 4 is 27.7 Å². The molecule has 1 atom stereocenters. The molecule has 1 unspecified atom stereocenters. The molecule has 2 amide bonds. The number of nitrogens with zero attached hydrogens (tertiary/aromatic N) is 6. The number of hydrogen-bond acceptors (Lipinski definition) is 6. The summed E-state index contributed by atoms with van der Waals surface area (Å²) in [6, 6.07) is 16.1. The third-order valence-corrected chi connectivity index (χ3v) is 5.09. The first-order chi connectivity index (χ1) is 14.0. The average molecular weight is 449 g/mol. The fraction of sp³-hybridized carbons (Fsp3) is 0.100. The maximum atomic E-state index is 12.9. The van der Waals surface area contributed by atoms with Crippen molar-refractivity contribution in [3.05, 3.63) is 81.6 Å². The molecule has 0 saturated carbocycles. The number of likely N-dealkylation sites (N-methyl/N-ethyl adjacent to an activating group) is 1. The van der Waals surface area contributed by atoms with E-state index in [2.05, 4.69) is 31.0 Å². The normalized spacial score (nSPS) is 16.5. The average Bonchev–Trinajstić information content (AvgIpc) is 2.74. The molecule has 2 heterocycles. The summed E-state index contributed by atoms with van der Waals surface area (Å²) in [5.74, 6) is -1.78. The first-order valence-corrected chi connectivity index (χ1v) is 9.37. The summed E-state index contributed by atoms with van der Waals surface area (Å²) in [5, 5.41) is 13.5. The van der Waals surface area contributed by atoms with E-state index in [-0.39, 0.29) is 17.0 Å². The Kier molecular flexibility index (Phi) is 4.78. The van der Waals surface area contributed by atoms with Crippen LogP contribution >= 0.6 is 15.9 Å². The summed E-state index contributed by atoms with van der Waals surface area (Å²) in [5.41, 5.74) is 1.46. The van der Waals surface area contributed by atoms with Crippen LogP contribution in [0.15, 0.2) is 64.1 Å². The van der Waals surface area contributed by atoms with Crippen molar-refractivity contribution < 1.29 is 9.59 Å². The number of imide groups is 1. The largest absolute Gasteiger partial charge is 0.282 e. The van der Waals surface area contributed by atoms with Gasteiger partial charge in [0.2, 0.25) is 12.1 Å². The zero-order chi connectivity index (χ0) is 20.5. The number of hydrogen-bond donors (Lipinski definition) is 0. The third-order valence-electron chi connectivity index (χ3n) is 4.56. The van der Waals surface area contributed by atoms with Crippen molar-refractivity contribution in [1.82, 2.24) is 19.7 Å². The molecule has 0 radical (unpaired) electrons. The second-order valence-corrected chi connectivity index (χ2v) is 7.21. The van der Waals surface area contributed by atoms with E-state index in [1.165, 1.54) is 11.7 Å². The summed E-state index contributed by atoms with van der Waals surface area (Å²) in [6.45, 7) is 0. The number of benzene rings is 2. The predicted molar refractivity (Wildman–Crippen MR) is 106 cm³/mol. The first kappa shape index (κ1) is 18.7. The van der Waals surface area contributed by atoms with Crippen molar-refractivity contribution in [2.24, 2.45) is 4.99 Å². The molecule has 1 aliphatic rings. The molecular weight excluding hydrogens is 436 g/mol. The van der Waals surface area contributed by atoms with Gasteiger partial charge < -0.3 is 0 Å². The molecule has 8 nitrogen and oxygen atoms in total. The lowest BCUT2D eigenvalue weighted by Gasteiger charge is -2.29. The Morgan fingerprint density at radius 3 is 2.45 bits per heavy atom. The number of aromatic nitrogens is 3. The fourth-order valence-corrected chi connectivity index (χ4v) is 3.41. The molecule has 2 aromatic carbocycles. The second kappa shape index (κ2) is 7.41. The lowest BCUT2D eigenvalue weighted by atomic mass is 9.90. The summed E-state index contributed by atoms with van der Waals surface area (Å²) >= 11 is 3.37. The summed E-state index contributed by atoms with van der Waals surface area (Å²) in [6.07, 6.45) is 1.71. The molecule has 29 heavy (non-hydrogen) atoms. The van der Waals surface area contributed by atoms with E-state index < -0.39 is 17.7 Å². The van der Waals surface area contributed by atoms with Crippen molar-refractivity contribution in [1.29, 1.82) is 5.26 Å². The zero-order valence-electron chi connectivity index (χ0n) is 15.2. The molecule has 0 N–H and O–H groups in total. The van der Waals surface area contributed by atoms with Crippen LogP contribution in [0.25, 0.3) is 5.69 Å². The number of carbonyl (C=O) groups is 2. The highest BCUT2D eigenvalue weighted by Gasteiger charge is 2.40. The van der Waals surface area contributed by atoms with Crippen molar-refractivity contribution in [3.8, 4) is 11.9 Å². The van der Waals surface area contributed by atoms with Crippen LogP contribution in [0.1, 0.15) is 27.7 Å². The number of fused-ring (bicyclic) bond motifs is 1. The molecule has 3 aromatic rings. The fourth-order valence-electron chi connectivity index (χ4n) is 3.15. The van der Waals surface area contributed by atoms with Crippen LogP contribution in [0.2, 0.25) is 0 Å². The number of nitriles is 1. The summed E-state index contributed by atoms with van der Waals surface area (Å²) in [7, 11) is 1.42. The van der Waals surface area contributed by atoms with Gasteiger partial charge >= 0.3 is 0 Å². The Morgan fingerprint density at radius 1 is 1.10 bits per heavy atom. The van der Waals surface area contributed by atoms with Crippen LogP contribution in [0.4, 0.5) is 0 Å². The lowest BCUT2D eigenvalue weighted by molar-refractivity contribution is -0.128. The van der Waals surface area contributed by atoms with E-state index >= 15 is 0 Å². The maximum absolute atomic E-state index is 12.9. The van der Waals surface area contributed by atoms with Gasteiger partial charge in [-0.25, -0.2) is 4.98 Å². The Bertz CT molecular complexity index is 1230. The van der Waals surface area contributed by atoms with Crippen molar-refractivity contribution in [2.75, 3.05) is 7.05 Å². The van der Waals surface area contributed by atoms with Gasteiger partial charge in [0.05, 0.1) is 11.4 Å². The van der Waals surface area contributed by atoms with E-state index in [4.69, 9.17) is 5.26 Å². The monoisotopic (exact) mass is 448 g/mol. The number of rotatable bonds is 2. The van der Waals surface area contributed by atoms with Gasteiger partial charge in [0, 0.05) is 11.5 Å². The molecule has 0 spiro atoms. The van der Waals surface area contributed by atoms with Gasteiger partial charge in [-0.05, 0) is 29.8 Å². The van der Waals surface area contributed by atoms with E-state index in [9.17, 15) is 9.59 Å². The van der Waals surface area contributed by atoms with E-state index in [0.29, 0.717) is 11.3 Å². The van der Waals surface area contributed by atoms with Gasteiger partial charge in [0.1, 0.15) is 5.92 Å². The van der Waals surface area contributed by atoms with Crippen LogP contribution in [0, 0.1) is 11.5 Å². The van der Waals surface area contributed by atoms with E-state index in [1.807, 2.05) is 6.07 Å². The first-order valence-electron chi connectivity index (χ1n) is 8.58. The summed E-state index contributed by atoms with van der Waals surface area (Å²) < 4.78 is 2.18. The number of amides is 2. The minimum Gasteiger partial charge on any atom is -0.279 e. The van der Waals surface area contributed by atoms with Crippen LogP contribution in [0.3, 0.4) is 0 Å². The van der Waals surface area contributed by atoms with Gasteiger partial charge in [-0.3, -0.25) is 14.5 Å². The van der Waals surface area contributed by atoms with E-state index in [0.717, 1.165) is 9.37 Å². The Balaban J connectivity index is 2.01. The van der Waals surface area contributed by atoms with Gasteiger partial charge in [-0.2, -0.15) is 15.0 Å². The SMILES string of the molecule is CN1C(=O)c2nn(-c3ccc(Br)cc3)c(=NC#N)nc2C(c2ccccc2)C1=O. The molecule has 1 aromatic heterocycles. The van der Waals surface area contributed by atoms with Gasteiger partial charge in [0.15, 0.2) is 5.69 Å². The molecule has 0 aliphatic carbocycles. The lowest BCUT2D eigenvalue weighted by Crippen LogP contribution is -2.46. The summed E-state index contributed by atoms with van der Waals surface area (Å²) in [4.78, 5) is 34.9. The molecule has 4 rings (SSSR count). The molecule has 0 bridgehead atoms. The maximum Gasteiger partial charge on any atom is 0.282 e. The van der Waals surface area contributed by atoms with Crippen LogP contribution in [0.5, 0.6) is 0 Å².